The van der Waals surface area contributed by atoms with Crippen molar-refractivity contribution in [2.24, 2.45) is 5.41 Å². The standard InChI is InChI=1S/C19H27N/c1-15(17-10-8-7-9-11-17)12-18(13-19(3,4)5)16(2)14-20-6/h7-12,14,20H,1,13H2,2-6H3/b16-14-,18-12-. The zero-order valence-corrected chi connectivity index (χ0v) is 13.5. The fraction of sp³-hybridized carbons (Fsp3) is 0.368. The molecule has 1 aromatic rings. The van der Waals surface area contributed by atoms with Gasteiger partial charge in [-0.2, -0.15) is 0 Å². The molecule has 0 radical (unpaired) electrons. The lowest BCUT2D eigenvalue weighted by atomic mass is 9.84. The third kappa shape index (κ3) is 5.48. The molecule has 0 spiro atoms. The molecule has 1 rings (SSSR count). The Labute approximate surface area is 124 Å². The molecule has 0 aliphatic heterocycles. The molecule has 0 saturated heterocycles. The van der Waals surface area contributed by atoms with Crippen LogP contribution in [0, 0.1) is 5.41 Å². The second kappa shape index (κ2) is 7.14. The van der Waals surface area contributed by atoms with E-state index in [1.165, 1.54) is 16.7 Å². The van der Waals surface area contributed by atoms with Crippen molar-refractivity contribution in [2.45, 2.75) is 34.1 Å². The monoisotopic (exact) mass is 269 g/mol. The number of benzene rings is 1. The predicted molar refractivity (Wildman–Crippen MR) is 90.4 cm³/mol. The van der Waals surface area contributed by atoms with E-state index >= 15 is 0 Å². The summed E-state index contributed by atoms with van der Waals surface area (Å²) < 4.78 is 0. The van der Waals surface area contributed by atoms with Gasteiger partial charge in [0.1, 0.15) is 0 Å². The molecule has 1 heteroatoms. The molecule has 0 bridgehead atoms. The van der Waals surface area contributed by atoms with Crippen LogP contribution < -0.4 is 5.32 Å². The molecule has 1 aromatic carbocycles. The van der Waals surface area contributed by atoms with Crippen LogP contribution in [0.1, 0.15) is 39.7 Å². The summed E-state index contributed by atoms with van der Waals surface area (Å²) in [5, 5.41) is 3.11. The molecular weight excluding hydrogens is 242 g/mol. The van der Waals surface area contributed by atoms with E-state index in [1.54, 1.807) is 0 Å². The van der Waals surface area contributed by atoms with Crippen LogP contribution in [-0.2, 0) is 0 Å². The number of hydrogen-bond acceptors (Lipinski definition) is 1. The Morgan fingerprint density at radius 1 is 1.20 bits per heavy atom. The van der Waals surface area contributed by atoms with Gasteiger partial charge in [-0.3, -0.25) is 0 Å². The van der Waals surface area contributed by atoms with Gasteiger partial charge in [0.2, 0.25) is 0 Å². The van der Waals surface area contributed by atoms with E-state index in [1.807, 2.05) is 25.2 Å². The average Bonchev–Trinajstić information content (AvgIpc) is 2.37. The Bertz CT molecular complexity index is 498. The van der Waals surface area contributed by atoms with Crippen LogP contribution in [0.4, 0.5) is 0 Å². The van der Waals surface area contributed by atoms with Crippen molar-refractivity contribution < 1.29 is 0 Å². The summed E-state index contributed by atoms with van der Waals surface area (Å²) >= 11 is 0. The molecule has 0 aromatic heterocycles. The van der Waals surface area contributed by atoms with Crippen LogP contribution in [0.2, 0.25) is 0 Å². The first-order chi connectivity index (χ1) is 9.33. The smallest absolute Gasteiger partial charge is 0.00278 e. The minimum Gasteiger partial charge on any atom is -0.394 e. The van der Waals surface area contributed by atoms with Crippen LogP contribution in [0.3, 0.4) is 0 Å². The number of allylic oxidation sites excluding steroid dienone is 4. The first-order valence-corrected chi connectivity index (χ1v) is 7.13. The van der Waals surface area contributed by atoms with Gasteiger partial charge in [-0.05, 0) is 47.2 Å². The fourth-order valence-electron chi connectivity index (χ4n) is 2.13. The van der Waals surface area contributed by atoms with E-state index in [0.717, 1.165) is 12.0 Å². The van der Waals surface area contributed by atoms with Gasteiger partial charge in [0, 0.05) is 7.05 Å². The van der Waals surface area contributed by atoms with E-state index in [4.69, 9.17) is 0 Å². The summed E-state index contributed by atoms with van der Waals surface area (Å²) in [6.07, 6.45) is 5.29. The highest BCUT2D eigenvalue weighted by Gasteiger charge is 2.14. The summed E-state index contributed by atoms with van der Waals surface area (Å²) in [6, 6.07) is 10.3. The molecule has 0 fully saturated rings. The second-order valence-corrected chi connectivity index (χ2v) is 6.41. The van der Waals surface area contributed by atoms with Gasteiger partial charge in [0.05, 0.1) is 0 Å². The third-order valence-electron chi connectivity index (χ3n) is 3.08. The molecule has 0 heterocycles. The molecule has 20 heavy (non-hydrogen) atoms. The van der Waals surface area contributed by atoms with Gasteiger partial charge in [-0.25, -0.2) is 0 Å². The van der Waals surface area contributed by atoms with Crippen LogP contribution in [0.5, 0.6) is 0 Å². The SMILES string of the molecule is C=C(/C=C(CC(C)(C)C)\C(C)=C/NC)c1ccccc1. The topological polar surface area (TPSA) is 12.0 Å². The van der Waals surface area contributed by atoms with Crippen molar-refractivity contribution >= 4 is 5.57 Å². The van der Waals surface area contributed by atoms with Crippen LogP contribution in [-0.4, -0.2) is 7.05 Å². The highest BCUT2D eigenvalue weighted by atomic mass is 14.8. The van der Waals surface area contributed by atoms with Gasteiger partial charge < -0.3 is 5.32 Å². The Morgan fingerprint density at radius 3 is 2.30 bits per heavy atom. The predicted octanol–water partition coefficient (Wildman–Crippen LogP) is 5.19. The molecule has 108 valence electrons. The number of nitrogens with one attached hydrogen (secondary N) is 1. The zero-order valence-electron chi connectivity index (χ0n) is 13.5. The maximum Gasteiger partial charge on any atom is 0.00278 e. The lowest BCUT2D eigenvalue weighted by Crippen LogP contribution is -2.08. The van der Waals surface area contributed by atoms with Gasteiger partial charge in [-0.15, -0.1) is 0 Å². The Hall–Kier alpha value is -1.76. The van der Waals surface area contributed by atoms with Gasteiger partial charge in [0.25, 0.3) is 0 Å². The molecule has 0 amide bonds. The van der Waals surface area contributed by atoms with E-state index in [-0.39, 0.29) is 5.41 Å². The maximum atomic E-state index is 4.21. The summed E-state index contributed by atoms with van der Waals surface area (Å²) in [5.41, 5.74) is 5.09. The van der Waals surface area contributed by atoms with Gasteiger partial charge in [0.15, 0.2) is 0 Å². The minimum absolute atomic E-state index is 0.256. The molecule has 0 aliphatic carbocycles. The number of rotatable bonds is 5. The largest absolute Gasteiger partial charge is 0.394 e. The Balaban J connectivity index is 3.07. The lowest BCUT2D eigenvalue weighted by molar-refractivity contribution is 0.411. The lowest BCUT2D eigenvalue weighted by Gasteiger charge is -2.21. The van der Waals surface area contributed by atoms with Crippen LogP contribution in [0.15, 0.2) is 60.3 Å². The average molecular weight is 269 g/mol. The van der Waals surface area contributed by atoms with E-state index < -0.39 is 0 Å². The van der Waals surface area contributed by atoms with Gasteiger partial charge >= 0.3 is 0 Å². The van der Waals surface area contributed by atoms with Crippen LogP contribution >= 0.6 is 0 Å². The normalized spacial score (nSPS) is 13.2. The third-order valence-corrected chi connectivity index (χ3v) is 3.08. The molecule has 1 N–H and O–H groups in total. The molecule has 0 aliphatic rings. The molecule has 0 unspecified atom stereocenters. The van der Waals surface area contributed by atoms with E-state index in [9.17, 15) is 0 Å². The van der Waals surface area contributed by atoms with Crippen molar-refractivity contribution in [3.63, 3.8) is 0 Å². The molecule has 0 atom stereocenters. The molecular formula is C19H27N. The fourth-order valence-corrected chi connectivity index (χ4v) is 2.13. The second-order valence-electron chi connectivity index (χ2n) is 6.41. The van der Waals surface area contributed by atoms with Crippen LogP contribution in [0.25, 0.3) is 5.57 Å². The van der Waals surface area contributed by atoms with Crippen molar-refractivity contribution in [3.05, 3.63) is 65.9 Å². The number of hydrogen-bond donors (Lipinski definition) is 1. The quantitative estimate of drug-likeness (QED) is 0.726. The van der Waals surface area contributed by atoms with E-state index in [2.05, 4.69) is 64.0 Å². The first kappa shape index (κ1) is 16.3. The van der Waals surface area contributed by atoms with Crippen molar-refractivity contribution in [1.82, 2.24) is 5.32 Å². The highest BCUT2D eigenvalue weighted by molar-refractivity contribution is 5.73. The maximum absolute atomic E-state index is 4.21. The summed E-state index contributed by atoms with van der Waals surface area (Å²) in [7, 11) is 1.93. The van der Waals surface area contributed by atoms with Gasteiger partial charge in [-0.1, -0.05) is 63.8 Å². The highest BCUT2D eigenvalue weighted by Crippen LogP contribution is 2.30. The summed E-state index contributed by atoms with van der Waals surface area (Å²) in [5.74, 6) is 0. The van der Waals surface area contributed by atoms with Crippen molar-refractivity contribution in [3.8, 4) is 0 Å². The summed E-state index contributed by atoms with van der Waals surface area (Å²) in [6.45, 7) is 13.1. The molecule has 1 nitrogen and oxygen atoms in total. The minimum atomic E-state index is 0.256. The van der Waals surface area contributed by atoms with E-state index in [0.29, 0.717) is 0 Å². The molecule has 0 saturated carbocycles. The Morgan fingerprint density at radius 2 is 1.80 bits per heavy atom. The van der Waals surface area contributed by atoms with Crippen molar-refractivity contribution in [2.75, 3.05) is 7.05 Å². The first-order valence-electron chi connectivity index (χ1n) is 7.13. The summed E-state index contributed by atoms with van der Waals surface area (Å²) in [4.78, 5) is 0. The Kier molecular flexibility index (Phi) is 5.82. The van der Waals surface area contributed by atoms with Crippen molar-refractivity contribution in [1.29, 1.82) is 0 Å². The zero-order chi connectivity index (χ0) is 15.2.